The summed E-state index contributed by atoms with van der Waals surface area (Å²) in [6.45, 7) is 0.468. The van der Waals surface area contributed by atoms with Gasteiger partial charge in [0.15, 0.2) is 0 Å². The van der Waals surface area contributed by atoms with Gasteiger partial charge in [0.05, 0.1) is 0 Å². The van der Waals surface area contributed by atoms with Crippen molar-refractivity contribution in [3.63, 3.8) is 0 Å². The molecule has 0 saturated heterocycles. The van der Waals surface area contributed by atoms with E-state index in [2.05, 4.69) is 10.3 Å². The summed E-state index contributed by atoms with van der Waals surface area (Å²) in [7, 11) is 0. The van der Waals surface area contributed by atoms with Crippen molar-refractivity contribution in [2.24, 2.45) is 0 Å². The van der Waals surface area contributed by atoms with Crippen LogP contribution in [0.4, 0.5) is 0 Å². The molecule has 1 aliphatic rings. The van der Waals surface area contributed by atoms with E-state index in [0.717, 1.165) is 31.4 Å². The maximum absolute atomic E-state index is 11.5. The van der Waals surface area contributed by atoms with Gasteiger partial charge in [0, 0.05) is 23.9 Å². The number of pyridine rings is 1. The van der Waals surface area contributed by atoms with Gasteiger partial charge in [-0.05, 0) is 25.0 Å². The fourth-order valence-electron chi connectivity index (χ4n) is 2.72. The normalized spacial score (nSPS) is 17.1. The number of aromatic nitrogens is 1. The van der Waals surface area contributed by atoms with Gasteiger partial charge in [0.1, 0.15) is 6.42 Å². The second-order valence-corrected chi connectivity index (χ2v) is 5.05. The van der Waals surface area contributed by atoms with Crippen LogP contribution in [0.5, 0.6) is 0 Å². The number of carbonyl (C=O) groups excluding carboxylic acids is 1. The van der Waals surface area contributed by atoms with E-state index in [0.29, 0.717) is 6.54 Å². The Kier molecular flexibility index (Phi) is 4.14. The van der Waals surface area contributed by atoms with E-state index in [1.165, 1.54) is 0 Å². The number of hydrogen-bond acceptors (Lipinski definition) is 3. The Morgan fingerprint density at radius 3 is 2.63 bits per heavy atom. The molecule has 19 heavy (non-hydrogen) atoms. The molecule has 2 rings (SSSR count). The summed E-state index contributed by atoms with van der Waals surface area (Å²) in [6, 6.07) is 5.80. The van der Waals surface area contributed by atoms with E-state index < -0.39 is 18.3 Å². The average molecular weight is 262 g/mol. The van der Waals surface area contributed by atoms with Crippen LogP contribution in [0.25, 0.3) is 0 Å². The monoisotopic (exact) mass is 262 g/mol. The van der Waals surface area contributed by atoms with Gasteiger partial charge in [0.25, 0.3) is 0 Å². The van der Waals surface area contributed by atoms with Gasteiger partial charge < -0.3 is 10.4 Å². The van der Waals surface area contributed by atoms with Gasteiger partial charge in [-0.2, -0.15) is 0 Å². The zero-order chi connectivity index (χ0) is 13.7. The van der Waals surface area contributed by atoms with E-state index in [9.17, 15) is 9.59 Å². The molecule has 0 aliphatic heterocycles. The molecule has 1 amide bonds. The molecule has 1 saturated carbocycles. The molecule has 1 aliphatic carbocycles. The first-order valence-electron chi connectivity index (χ1n) is 6.52. The van der Waals surface area contributed by atoms with Gasteiger partial charge in [0.2, 0.25) is 5.91 Å². The molecule has 0 unspecified atom stereocenters. The summed E-state index contributed by atoms with van der Waals surface area (Å²) in [4.78, 5) is 26.4. The van der Waals surface area contributed by atoms with Gasteiger partial charge in [-0.15, -0.1) is 0 Å². The number of aliphatic carboxylic acids is 1. The largest absolute Gasteiger partial charge is 0.481 e. The van der Waals surface area contributed by atoms with Crippen LogP contribution in [0.3, 0.4) is 0 Å². The Bertz CT molecular complexity index is 453. The molecular weight excluding hydrogens is 244 g/mol. The predicted octanol–water partition coefficient (Wildman–Crippen LogP) is 1.48. The third-order valence-electron chi connectivity index (χ3n) is 3.70. The van der Waals surface area contributed by atoms with Crippen molar-refractivity contribution in [3.8, 4) is 0 Å². The number of carboxylic acid groups (broad SMARTS) is 1. The summed E-state index contributed by atoms with van der Waals surface area (Å²) >= 11 is 0. The standard InChI is InChI=1S/C14H18N2O3/c17-12(9-13(18)19)16-10-14(6-2-3-7-14)11-5-1-4-8-15-11/h1,4-5,8H,2-3,6-7,9-10H2,(H,16,17)(H,18,19). The van der Waals surface area contributed by atoms with Crippen LogP contribution in [-0.4, -0.2) is 28.5 Å². The summed E-state index contributed by atoms with van der Waals surface area (Å²) in [5.41, 5.74) is 0.859. The second kappa shape index (κ2) is 5.82. The number of carboxylic acids is 1. The van der Waals surface area contributed by atoms with Crippen LogP contribution < -0.4 is 5.32 Å². The summed E-state index contributed by atoms with van der Waals surface area (Å²) in [6.07, 6.45) is 5.48. The molecule has 1 aromatic heterocycles. The zero-order valence-corrected chi connectivity index (χ0v) is 10.8. The highest BCUT2D eigenvalue weighted by Gasteiger charge is 2.37. The number of nitrogens with zero attached hydrogens (tertiary/aromatic N) is 1. The summed E-state index contributed by atoms with van der Waals surface area (Å²) in [5.74, 6) is -1.54. The molecule has 2 N–H and O–H groups in total. The Hall–Kier alpha value is -1.91. The summed E-state index contributed by atoms with van der Waals surface area (Å²) in [5, 5.41) is 11.3. The fourth-order valence-corrected chi connectivity index (χ4v) is 2.72. The smallest absolute Gasteiger partial charge is 0.312 e. The molecule has 0 atom stereocenters. The quantitative estimate of drug-likeness (QED) is 0.788. The lowest BCUT2D eigenvalue weighted by Gasteiger charge is -2.28. The number of nitrogens with one attached hydrogen (secondary N) is 1. The number of carbonyl (C=O) groups is 2. The first-order valence-corrected chi connectivity index (χ1v) is 6.52. The molecule has 0 radical (unpaired) electrons. The van der Waals surface area contributed by atoms with Gasteiger partial charge in [-0.3, -0.25) is 14.6 Å². The van der Waals surface area contributed by atoms with Crippen LogP contribution >= 0.6 is 0 Å². The Morgan fingerprint density at radius 1 is 1.32 bits per heavy atom. The molecule has 0 aromatic carbocycles. The summed E-state index contributed by atoms with van der Waals surface area (Å²) < 4.78 is 0. The lowest BCUT2D eigenvalue weighted by atomic mass is 9.82. The SMILES string of the molecule is O=C(O)CC(=O)NCC1(c2ccccn2)CCCC1. The molecule has 102 valence electrons. The van der Waals surface area contributed by atoms with Crippen molar-refractivity contribution in [2.45, 2.75) is 37.5 Å². The maximum atomic E-state index is 11.5. The van der Waals surface area contributed by atoms with Crippen LogP contribution in [0.2, 0.25) is 0 Å². The van der Waals surface area contributed by atoms with Crippen molar-refractivity contribution in [1.29, 1.82) is 0 Å². The molecule has 5 heteroatoms. The minimum absolute atomic E-state index is 0.130. The predicted molar refractivity (Wildman–Crippen MR) is 69.6 cm³/mol. The van der Waals surface area contributed by atoms with Crippen molar-refractivity contribution < 1.29 is 14.7 Å². The molecule has 0 bridgehead atoms. The van der Waals surface area contributed by atoms with Crippen molar-refractivity contribution in [3.05, 3.63) is 30.1 Å². The minimum Gasteiger partial charge on any atom is -0.481 e. The third kappa shape index (κ3) is 3.30. The van der Waals surface area contributed by atoms with Crippen LogP contribution in [-0.2, 0) is 15.0 Å². The van der Waals surface area contributed by atoms with Gasteiger partial charge in [-0.25, -0.2) is 0 Å². The van der Waals surface area contributed by atoms with E-state index in [1.54, 1.807) is 6.20 Å². The Morgan fingerprint density at radius 2 is 2.05 bits per heavy atom. The van der Waals surface area contributed by atoms with Crippen LogP contribution in [0.15, 0.2) is 24.4 Å². The van der Waals surface area contributed by atoms with E-state index in [-0.39, 0.29) is 5.41 Å². The van der Waals surface area contributed by atoms with Gasteiger partial charge in [-0.1, -0.05) is 18.9 Å². The molecule has 1 heterocycles. The van der Waals surface area contributed by atoms with E-state index >= 15 is 0 Å². The van der Waals surface area contributed by atoms with Crippen molar-refractivity contribution >= 4 is 11.9 Å². The van der Waals surface area contributed by atoms with E-state index in [4.69, 9.17) is 5.11 Å². The zero-order valence-electron chi connectivity index (χ0n) is 10.8. The Labute approximate surface area is 112 Å². The maximum Gasteiger partial charge on any atom is 0.312 e. The number of hydrogen-bond donors (Lipinski definition) is 2. The minimum atomic E-state index is -1.10. The topological polar surface area (TPSA) is 79.3 Å². The molecule has 1 aromatic rings. The average Bonchev–Trinajstić information content (AvgIpc) is 2.87. The van der Waals surface area contributed by atoms with Gasteiger partial charge >= 0.3 is 5.97 Å². The second-order valence-electron chi connectivity index (χ2n) is 5.05. The molecule has 1 fully saturated rings. The lowest BCUT2D eigenvalue weighted by Crippen LogP contribution is -2.40. The third-order valence-corrected chi connectivity index (χ3v) is 3.70. The fraction of sp³-hybridized carbons (Fsp3) is 0.500. The van der Waals surface area contributed by atoms with Crippen molar-refractivity contribution in [1.82, 2.24) is 10.3 Å². The molecule has 5 nitrogen and oxygen atoms in total. The number of amides is 1. The van der Waals surface area contributed by atoms with E-state index in [1.807, 2.05) is 18.2 Å². The first-order chi connectivity index (χ1) is 9.12. The number of rotatable bonds is 5. The van der Waals surface area contributed by atoms with Crippen LogP contribution in [0.1, 0.15) is 37.8 Å². The highest BCUT2D eigenvalue weighted by atomic mass is 16.4. The first kappa shape index (κ1) is 13.5. The van der Waals surface area contributed by atoms with Crippen molar-refractivity contribution in [2.75, 3.05) is 6.54 Å². The Balaban J connectivity index is 2.05. The highest BCUT2D eigenvalue weighted by molar-refractivity contribution is 5.93. The highest BCUT2D eigenvalue weighted by Crippen LogP contribution is 2.39. The molecule has 0 spiro atoms. The lowest BCUT2D eigenvalue weighted by molar-refractivity contribution is -0.140. The molecular formula is C14H18N2O3. The van der Waals surface area contributed by atoms with Crippen LogP contribution in [0, 0.1) is 0 Å².